The van der Waals surface area contributed by atoms with Crippen molar-refractivity contribution in [3.8, 4) is 0 Å². The third-order valence-electron chi connectivity index (χ3n) is 5.11. The zero-order chi connectivity index (χ0) is 14.8. The Hall–Kier alpha value is -1.35. The lowest BCUT2D eigenvalue weighted by molar-refractivity contribution is -0.118. The number of aliphatic hydroxyl groups excluding tert-OH is 1. The Labute approximate surface area is 127 Å². The summed E-state index contributed by atoms with van der Waals surface area (Å²) in [5.74, 6) is 0.594. The van der Waals surface area contributed by atoms with Crippen molar-refractivity contribution in [2.24, 2.45) is 5.92 Å². The van der Waals surface area contributed by atoms with E-state index in [1.165, 1.54) is 24.8 Å². The molecule has 1 fully saturated rings. The van der Waals surface area contributed by atoms with Crippen LogP contribution in [0, 0.1) is 5.92 Å². The molecule has 1 atom stereocenters. The van der Waals surface area contributed by atoms with Gasteiger partial charge in [-0.05, 0) is 48.8 Å². The highest BCUT2D eigenvalue weighted by molar-refractivity contribution is 5.94. The standard InChI is InChI=1S/C18H25NO2/c1-19-16-11-10-15(12-14(16)8-5-9-17(19)20)18(21)13-6-3-2-4-7-13/h10-13,18,21H,2-9H2,1H3. The zero-order valence-corrected chi connectivity index (χ0v) is 12.8. The summed E-state index contributed by atoms with van der Waals surface area (Å²) in [5.41, 5.74) is 3.25. The number of hydrogen-bond acceptors (Lipinski definition) is 2. The SMILES string of the molecule is CN1C(=O)CCCc2cc(C(O)C3CCCCC3)ccc21. The molecule has 1 amide bonds. The largest absolute Gasteiger partial charge is 0.388 e. The number of benzene rings is 1. The second-order valence-electron chi connectivity index (χ2n) is 6.54. The highest BCUT2D eigenvalue weighted by Gasteiger charge is 2.25. The number of fused-ring (bicyclic) bond motifs is 1. The van der Waals surface area contributed by atoms with E-state index in [9.17, 15) is 9.90 Å². The van der Waals surface area contributed by atoms with Crippen molar-refractivity contribution in [2.75, 3.05) is 11.9 Å². The number of carbonyl (C=O) groups is 1. The van der Waals surface area contributed by atoms with Crippen molar-refractivity contribution < 1.29 is 9.90 Å². The van der Waals surface area contributed by atoms with Crippen LogP contribution in [0.25, 0.3) is 0 Å². The summed E-state index contributed by atoms with van der Waals surface area (Å²) in [6, 6.07) is 6.15. The van der Waals surface area contributed by atoms with E-state index >= 15 is 0 Å². The van der Waals surface area contributed by atoms with Crippen LogP contribution >= 0.6 is 0 Å². The maximum Gasteiger partial charge on any atom is 0.226 e. The predicted octanol–water partition coefficient (Wildman–Crippen LogP) is 3.60. The Balaban J connectivity index is 1.85. The molecule has 3 rings (SSSR count). The van der Waals surface area contributed by atoms with Gasteiger partial charge < -0.3 is 10.0 Å². The van der Waals surface area contributed by atoms with Crippen LogP contribution in [0.4, 0.5) is 5.69 Å². The normalized spacial score (nSPS) is 21.8. The van der Waals surface area contributed by atoms with Crippen molar-refractivity contribution in [3.63, 3.8) is 0 Å². The van der Waals surface area contributed by atoms with Gasteiger partial charge in [0.25, 0.3) is 0 Å². The third kappa shape index (κ3) is 2.98. The summed E-state index contributed by atoms with van der Waals surface area (Å²) in [7, 11) is 1.85. The van der Waals surface area contributed by atoms with Gasteiger partial charge in [-0.25, -0.2) is 0 Å². The summed E-state index contributed by atoms with van der Waals surface area (Å²) in [4.78, 5) is 13.7. The van der Waals surface area contributed by atoms with Crippen molar-refractivity contribution in [3.05, 3.63) is 29.3 Å². The Morgan fingerprint density at radius 3 is 2.67 bits per heavy atom. The molecule has 1 saturated carbocycles. The number of aliphatic hydroxyl groups is 1. The van der Waals surface area contributed by atoms with Crippen molar-refractivity contribution in [2.45, 2.75) is 57.5 Å². The number of amides is 1. The summed E-state index contributed by atoms with van der Waals surface area (Å²) in [6.45, 7) is 0. The highest BCUT2D eigenvalue weighted by atomic mass is 16.3. The van der Waals surface area contributed by atoms with Crippen molar-refractivity contribution >= 4 is 11.6 Å². The number of carbonyl (C=O) groups excluding carboxylic acids is 1. The molecule has 114 valence electrons. The van der Waals surface area contributed by atoms with Crippen LogP contribution in [-0.4, -0.2) is 18.1 Å². The number of nitrogens with zero attached hydrogens (tertiary/aromatic N) is 1. The molecule has 2 aliphatic rings. The van der Waals surface area contributed by atoms with E-state index in [1.54, 1.807) is 4.90 Å². The minimum absolute atomic E-state index is 0.189. The molecular formula is C18H25NO2. The number of rotatable bonds is 2. The van der Waals surface area contributed by atoms with Gasteiger partial charge in [0.15, 0.2) is 0 Å². The average molecular weight is 287 g/mol. The van der Waals surface area contributed by atoms with Crippen LogP contribution in [0.15, 0.2) is 18.2 Å². The number of anilines is 1. The second-order valence-corrected chi connectivity index (χ2v) is 6.54. The minimum Gasteiger partial charge on any atom is -0.388 e. The molecule has 3 nitrogen and oxygen atoms in total. The van der Waals surface area contributed by atoms with E-state index in [0.717, 1.165) is 36.9 Å². The number of hydrogen-bond donors (Lipinski definition) is 1. The van der Waals surface area contributed by atoms with E-state index < -0.39 is 0 Å². The van der Waals surface area contributed by atoms with Gasteiger partial charge in [-0.2, -0.15) is 0 Å². The molecule has 0 bridgehead atoms. The molecule has 1 aliphatic heterocycles. The molecule has 1 aromatic carbocycles. The fourth-order valence-electron chi connectivity index (χ4n) is 3.77. The molecule has 0 saturated heterocycles. The minimum atomic E-state index is -0.347. The fourth-order valence-corrected chi connectivity index (χ4v) is 3.77. The van der Waals surface area contributed by atoms with Gasteiger partial charge in [0.1, 0.15) is 0 Å². The van der Waals surface area contributed by atoms with Crippen LogP contribution in [0.1, 0.15) is 62.2 Å². The van der Waals surface area contributed by atoms with E-state index in [-0.39, 0.29) is 12.0 Å². The van der Waals surface area contributed by atoms with Gasteiger partial charge in [0, 0.05) is 19.2 Å². The molecule has 0 spiro atoms. The molecule has 1 unspecified atom stereocenters. The Morgan fingerprint density at radius 1 is 1.14 bits per heavy atom. The van der Waals surface area contributed by atoms with E-state index in [4.69, 9.17) is 0 Å². The lowest BCUT2D eigenvalue weighted by Gasteiger charge is -2.27. The molecule has 0 radical (unpaired) electrons. The highest BCUT2D eigenvalue weighted by Crippen LogP contribution is 2.36. The lowest BCUT2D eigenvalue weighted by atomic mass is 9.82. The molecule has 1 aromatic rings. The molecule has 3 heteroatoms. The van der Waals surface area contributed by atoms with Gasteiger partial charge in [-0.15, -0.1) is 0 Å². The van der Waals surface area contributed by atoms with Crippen molar-refractivity contribution in [1.29, 1.82) is 0 Å². The Morgan fingerprint density at radius 2 is 1.90 bits per heavy atom. The molecule has 1 heterocycles. The molecule has 21 heavy (non-hydrogen) atoms. The van der Waals surface area contributed by atoms with Crippen LogP contribution in [-0.2, 0) is 11.2 Å². The predicted molar refractivity (Wildman–Crippen MR) is 84.3 cm³/mol. The van der Waals surface area contributed by atoms with Crippen molar-refractivity contribution in [1.82, 2.24) is 0 Å². The van der Waals surface area contributed by atoms with Gasteiger partial charge >= 0.3 is 0 Å². The van der Waals surface area contributed by atoms with Gasteiger partial charge in [-0.1, -0.05) is 31.4 Å². The smallest absolute Gasteiger partial charge is 0.226 e. The van der Waals surface area contributed by atoms with E-state index in [2.05, 4.69) is 6.07 Å². The first-order valence-corrected chi connectivity index (χ1v) is 8.24. The van der Waals surface area contributed by atoms with Crippen LogP contribution in [0.5, 0.6) is 0 Å². The fraction of sp³-hybridized carbons (Fsp3) is 0.611. The van der Waals surface area contributed by atoms with Gasteiger partial charge in [0.05, 0.1) is 6.10 Å². The number of aryl methyl sites for hydroxylation is 1. The second kappa shape index (κ2) is 6.18. The average Bonchev–Trinajstić information content (AvgIpc) is 2.67. The van der Waals surface area contributed by atoms with Gasteiger partial charge in [0.2, 0.25) is 5.91 Å². The molecular weight excluding hydrogens is 262 g/mol. The van der Waals surface area contributed by atoms with Gasteiger partial charge in [-0.3, -0.25) is 4.79 Å². The summed E-state index contributed by atoms with van der Waals surface area (Å²) < 4.78 is 0. The molecule has 1 N–H and O–H groups in total. The summed E-state index contributed by atoms with van der Waals surface area (Å²) >= 11 is 0. The monoisotopic (exact) mass is 287 g/mol. The van der Waals surface area contributed by atoms with Crippen LogP contribution in [0.3, 0.4) is 0 Å². The Kier molecular flexibility index (Phi) is 4.29. The van der Waals surface area contributed by atoms with Crippen LogP contribution in [0.2, 0.25) is 0 Å². The zero-order valence-electron chi connectivity index (χ0n) is 12.8. The summed E-state index contributed by atoms with van der Waals surface area (Å²) in [6.07, 6.45) is 8.16. The Bertz CT molecular complexity index is 520. The topological polar surface area (TPSA) is 40.5 Å². The first kappa shape index (κ1) is 14.6. The molecule has 0 aromatic heterocycles. The first-order chi connectivity index (χ1) is 10.2. The lowest BCUT2D eigenvalue weighted by Crippen LogP contribution is -2.25. The van der Waals surface area contributed by atoms with Crippen LogP contribution < -0.4 is 4.90 Å². The van der Waals surface area contributed by atoms with E-state index in [0.29, 0.717) is 12.3 Å². The maximum atomic E-state index is 11.9. The summed E-state index contributed by atoms with van der Waals surface area (Å²) in [5, 5.41) is 10.7. The first-order valence-electron chi connectivity index (χ1n) is 8.24. The maximum absolute atomic E-state index is 11.9. The van der Waals surface area contributed by atoms with E-state index in [1.807, 2.05) is 19.2 Å². The quantitative estimate of drug-likeness (QED) is 0.903. The third-order valence-corrected chi connectivity index (χ3v) is 5.11. The molecule has 1 aliphatic carbocycles.